The van der Waals surface area contributed by atoms with E-state index in [-0.39, 0.29) is 11.3 Å². The predicted molar refractivity (Wildman–Crippen MR) is 115 cm³/mol. The second-order valence-corrected chi connectivity index (χ2v) is 7.46. The molecule has 1 atom stereocenters. The maximum absolute atomic E-state index is 13.5. The monoisotopic (exact) mass is 444 g/mol. The van der Waals surface area contributed by atoms with E-state index in [0.717, 1.165) is 11.6 Å². The Hall–Kier alpha value is -3.55. The highest BCUT2D eigenvalue weighted by atomic mass is 19.4. The van der Waals surface area contributed by atoms with Gasteiger partial charge in [0, 0.05) is 24.0 Å². The minimum atomic E-state index is -4.52. The summed E-state index contributed by atoms with van der Waals surface area (Å²) in [4.78, 5) is 24.0. The molecule has 5 nitrogen and oxygen atoms in total. The number of para-hydroxylation sites is 1. The van der Waals surface area contributed by atoms with E-state index in [0.29, 0.717) is 17.1 Å². The smallest absolute Gasteiger partial charge is 0.418 e. The zero-order chi connectivity index (χ0) is 23.6. The molecule has 0 aliphatic heterocycles. The first kappa shape index (κ1) is 23.1. The molecule has 32 heavy (non-hydrogen) atoms. The number of esters is 1. The Morgan fingerprint density at radius 3 is 2.25 bits per heavy atom. The van der Waals surface area contributed by atoms with Crippen LogP contribution in [0.3, 0.4) is 0 Å². The summed E-state index contributed by atoms with van der Waals surface area (Å²) in [7, 11) is 0. The summed E-state index contributed by atoms with van der Waals surface area (Å²) in [6, 6.07) is 13.6. The lowest BCUT2D eigenvalue weighted by atomic mass is 10.1. The Bertz CT molecular complexity index is 1150. The number of carbonyl (C=O) groups excluding carboxylic acids is 2. The van der Waals surface area contributed by atoms with Crippen LogP contribution in [0.15, 0.2) is 54.6 Å². The quantitative estimate of drug-likeness (QED) is 0.492. The molecule has 1 N–H and O–H groups in total. The molecule has 1 amide bonds. The Kier molecular flexibility index (Phi) is 6.43. The van der Waals surface area contributed by atoms with E-state index in [1.54, 1.807) is 51.1 Å². The number of halogens is 3. The van der Waals surface area contributed by atoms with Gasteiger partial charge in [0.05, 0.1) is 16.8 Å². The van der Waals surface area contributed by atoms with Crippen molar-refractivity contribution in [2.24, 2.45) is 0 Å². The minimum Gasteiger partial charge on any atom is -0.458 e. The lowest BCUT2D eigenvalue weighted by Crippen LogP contribution is -2.15. The van der Waals surface area contributed by atoms with Crippen molar-refractivity contribution in [1.29, 1.82) is 0 Å². The van der Waals surface area contributed by atoms with E-state index < -0.39 is 29.7 Å². The van der Waals surface area contributed by atoms with Crippen LogP contribution in [0.25, 0.3) is 5.69 Å². The molecule has 168 valence electrons. The van der Waals surface area contributed by atoms with Gasteiger partial charge in [0.25, 0.3) is 5.91 Å². The standard InChI is InChI=1S/C24H23F3N2O3/c1-14-13-20(15(2)29(14)22-8-6-5-7-21(22)24(25,26)27)23(31)28-19-11-9-18(10-12-19)16(3)32-17(4)30/h5-13,16H,1-4H3,(H,28,31). The molecule has 0 bridgehead atoms. The number of nitrogens with one attached hydrogen (secondary N) is 1. The molecular formula is C24H23F3N2O3. The molecule has 3 rings (SSSR count). The number of aromatic nitrogens is 1. The number of alkyl halides is 3. The predicted octanol–water partition coefficient (Wildman–Crippen LogP) is 5.99. The third-order valence-corrected chi connectivity index (χ3v) is 5.11. The van der Waals surface area contributed by atoms with Crippen molar-refractivity contribution in [2.75, 3.05) is 5.32 Å². The molecule has 0 spiro atoms. The van der Waals surface area contributed by atoms with Crippen LogP contribution in [0.4, 0.5) is 18.9 Å². The number of hydrogen-bond acceptors (Lipinski definition) is 3. The van der Waals surface area contributed by atoms with Crippen molar-refractivity contribution in [2.45, 2.75) is 40.0 Å². The number of nitrogens with zero attached hydrogens (tertiary/aromatic N) is 1. The van der Waals surface area contributed by atoms with E-state index in [4.69, 9.17) is 4.74 Å². The van der Waals surface area contributed by atoms with Gasteiger partial charge in [-0.1, -0.05) is 24.3 Å². The summed E-state index contributed by atoms with van der Waals surface area (Å²) in [5.74, 6) is -0.827. The summed E-state index contributed by atoms with van der Waals surface area (Å²) in [6.45, 7) is 6.33. The van der Waals surface area contributed by atoms with Crippen molar-refractivity contribution in [1.82, 2.24) is 4.57 Å². The van der Waals surface area contributed by atoms with Crippen molar-refractivity contribution >= 4 is 17.6 Å². The molecule has 0 fully saturated rings. The van der Waals surface area contributed by atoms with Crippen LogP contribution in [-0.4, -0.2) is 16.4 Å². The number of benzene rings is 2. The molecule has 0 aliphatic rings. The molecule has 1 unspecified atom stereocenters. The highest BCUT2D eigenvalue weighted by molar-refractivity contribution is 6.05. The van der Waals surface area contributed by atoms with Crippen molar-refractivity contribution in [3.63, 3.8) is 0 Å². The lowest BCUT2D eigenvalue weighted by Gasteiger charge is -2.17. The maximum Gasteiger partial charge on any atom is 0.418 e. The summed E-state index contributed by atoms with van der Waals surface area (Å²) in [5.41, 5.74) is 1.65. The van der Waals surface area contributed by atoms with Gasteiger partial charge in [-0.05, 0) is 56.7 Å². The van der Waals surface area contributed by atoms with Crippen LogP contribution in [0, 0.1) is 13.8 Å². The first-order valence-electron chi connectivity index (χ1n) is 9.93. The molecule has 0 saturated carbocycles. The van der Waals surface area contributed by atoms with Crippen LogP contribution >= 0.6 is 0 Å². The van der Waals surface area contributed by atoms with Gasteiger partial charge in [-0.25, -0.2) is 0 Å². The van der Waals surface area contributed by atoms with E-state index in [1.165, 1.54) is 29.7 Å². The molecule has 3 aromatic rings. The van der Waals surface area contributed by atoms with Gasteiger partial charge >= 0.3 is 12.1 Å². The van der Waals surface area contributed by atoms with Crippen LogP contribution in [0.1, 0.15) is 52.8 Å². The third-order valence-electron chi connectivity index (χ3n) is 5.11. The number of ether oxygens (including phenoxy) is 1. The fourth-order valence-electron chi connectivity index (χ4n) is 3.62. The maximum atomic E-state index is 13.5. The minimum absolute atomic E-state index is 0.0298. The fourth-order valence-corrected chi connectivity index (χ4v) is 3.62. The van der Waals surface area contributed by atoms with E-state index in [9.17, 15) is 22.8 Å². The zero-order valence-corrected chi connectivity index (χ0v) is 18.1. The Morgan fingerprint density at radius 1 is 1.03 bits per heavy atom. The molecule has 0 radical (unpaired) electrons. The first-order chi connectivity index (χ1) is 15.0. The number of anilines is 1. The summed E-state index contributed by atoms with van der Waals surface area (Å²) < 4.78 is 47.0. The van der Waals surface area contributed by atoms with Gasteiger partial charge < -0.3 is 14.6 Å². The lowest BCUT2D eigenvalue weighted by molar-refractivity contribution is -0.145. The van der Waals surface area contributed by atoms with Crippen molar-refractivity contribution < 1.29 is 27.5 Å². The van der Waals surface area contributed by atoms with Crippen LogP contribution in [0.5, 0.6) is 0 Å². The SMILES string of the molecule is CC(=O)OC(C)c1ccc(NC(=O)c2cc(C)n(-c3ccccc3C(F)(F)F)c2C)cc1. The number of aryl methyl sites for hydroxylation is 1. The van der Waals surface area contributed by atoms with Crippen LogP contribution < -0.4 is 5.32 Å². The Balaban J connectivity index is 1.87. The normalized spacial score (nSPS) is 12.3. The van der Waals surface area contributed by atoms with Crippen molar-refractivity contribution in [3.8, 4) is 5.69 Å². The van der Waals surface area contributed by atoms with Gasteiger partial charge in [-0.15, -0.1) is 0 Å². The molecule has 2 aromatic carbocycles. The number of amides is 1. The third kappa shape index (κ3) is 4.85. The van der Waals surface area contributed by atoms with Crippen LogP contribution in [-0.2, 0) is 15.7 Å². The summed E-state index contributed by atoms with van der Waals surface area (Å²) >= 11 is 0. The molecule has 8 heteroatoms. The van der Waals surface area contributed by atoms with E-state index >= 15 is 0 Å². The van der Waals surface area contributed by atoms with Gasteiger partial charge in [0.15, 0.2) is 0 Å². The Labute approximate surface area is 183 Å². The van der Waals surface area contributed by atoms with Gasteiger partial charge in [-0.2, -0.15) is 13.2 Å². The zero-order valence-electron chi connectivity index (χ0n) is 18.1. The average Bonchev–Trinajstić information content (AvgIpc) is 3.01. The molecule has 0 aliphatic carbocycles. The largest absolute Gasteiger partial charge is 0.458 e. The number of carbonyl (C=O) groups is 2. The van der Waals surface area contributed by atoms with E-state index in [2.05, 4.69) is 5.32 Å². The highest BCUT2D eigenvalue weighted by Gasteiger charge is 2.34. The fraction of sp³-hybridized carbons (Fsp3) is 0.250. The molecule has 1 heterocycles. The Morgan fingerprint density at radius 2 is 1.66 bits per heavy atom. The number of rotatable bonds is 5. The molecule has 0 saturated heterocycles. The van der Waals surface area contributed by atoms with E-state index in [1.807, 2.05) is 0 Å². The number of hydrogen-bond donors (Lipinski definition) is 1. The van der Waals surface area contributed by atoms with Crippen LogP contribution in [0.2, 0.25) is 0 Å². The van der Waals surface area contributed by atoms with Gasteiger partial charge in [0.2, 0.25) is 0 Å². The average molecular weight is 444 g/mol. The summed E-state index contributed by atoms with van der Waals surface area (Å²) in [6.07, 6.45) is -4.95. The van der Waals surface area contributed by atoms with Crippen molar-refractivity contribution in [3.05, 3.63) is 82.7 Å². The van der Waals surface area contributed by atoms with Gasteiger partial charge in [0.1, 0.15) is 6.10 Å². The summed E-state index contributed by atoms with van der Waals surface area (Å²) in [5, 5.41) is 2.76. The first-order valence-corrected chi connectivity index (χ1v) is 9.93. The second-order valence-electron chi connectivity index (χ2n) is 7.46. The topological polar surface area (TPSA) is 60.3 Å². The van der Waals surface area contributed by atoms with Gasteiger partial charge in [-0.3, -0.25) is 9.59 Å². The second kappa shape index (κ2) is 8.90. The highest BCUT2D eigenvalue weighted by Crippen LogP contribution is 2.35. The molecule has 1 aromatic heterocycles. The molecular weight excluding hydrogens is 421 g/mol.